The van der Waals surface area contributed by atoms with Gasteiger partial charge >= 0.3 is 6.61 Å². The van der Waals surface area contributed by atoms with Crippen LogP contribution in [0, 0.1) is 11.3 Å². The van der Waals surface area contributed by atoms with Crippen molar-refractivity contribution in [2.24, 2.45) is 0 Å². The van der Waals surface area contributed by atoms with Crippen molar-refractivity contribution in [3.05, 3.63) is 40.9 Å². The third kappa shape index (κ3) is 3.91. The van der Waals surface area contributed by atoms with Crippen LogP contribution in [0.2, 0.25) is 0 Å². The van der Waals surface area contributed by atoms with E-state index in [-0.39, 0.29) is 5.75 Å². The summed E-state index contributed by atoms with van der Waals surface area (Å²) in [6.07, 6.45) is 1.68. The SMILES string of the molecule is N#Cc1ccc(CSc2nccs2)c(OC(F)F)c1. The van der Waals surface area contributed by atoms with Crippen LogP contribution in [0.3, 0.4) is 0 Å². The molecule has 0 N–H and O–H groups in total. The van der Waals surface area contributed by atoms with Crippen molar-refractivity contribution in [1.29, 1.82) is 5.26 Å². The number of rotatable bonds is 5. The molecule has 3 nitrogen and oxygen atoms in total. The smallest absolute Gasteiger partial charge is 0.387 e. The first-order valence-corrected chi connectivity index (χ1v) is 7.05. The Morgan fingerprint density at radius 3 is 2.95 bits per heavy atom. The highest BCUT2D eigenvalue weighted by Crippen LogP contribution is 2.30. The number of hydrogen-bond acceptors (Lipinski definition) is 5. The maximum absolute atomic E-state index is 12.3. The molecule has 1 aromatic carbocycles. The Morgan fingerprint density at radius 1 is 1.47 bits per heavy atom. The molecular weight excluding hydrogens is 290 g/mol. The molecule has 0 aliphatic rings. The zero-order valence-electron chi connectivity index (χ0n) is 9.55. The molecule has 0 aliphatic carbocycles. The van der Waals surface area contributed by atoms with Crippen LogP contribution in [0.1, 0.15) is 11.1 Å². The second-order valence-electron chi connectivity index (χ2n) is 3.40. The highest BCUT2D eigenvalue weighted by atomic mass is 32.2. The molecule has 0 radical (unpaired) electrons. The lowest BCUT2D eigenvalue weighted by atomic mass is 10.1. The van der Waals surface area contributed by atoms with Crippen LogP contribution in [0.4, 0.5) is 8.78 Å². The summed E-state index contributed by atoms with van der Waals surface area (Å²) in [5.74, 6) is 0.500. The molecule has 0 fully saturated rings. The fraction of sp³-hybridized carbons (Fsp3) is 0.167. The minimum absolute atomic E-state index is 0.0399. The van der Waals surface area contributed by atoms with E-state index in [4.69, 9.17) is 5.26 Å². The second-order valence-corrected chi connectivity index (χ2v) is 5.52. The van der Waals surface area contributed by atoms with Gasteiger partial charge in [0.15, 0.2) is 0 Å². The van der Waals surface area contributed by atoms with Crippen LogP contribution in [0.5, 0.6) is 5.75 Å². The Morgan fingerprint density at radius 2 is 2.32 bits per heavy atom. The third-order valence-electron chi connectivity index (χ3n) is 2.17. The second kappa shape index (κ2) is 6.50. The minimum atomic E-state index is -2.91. The summed E-state index contributed by atoms with van der Waals surface area (Å²) in [4.78, 5) is 4.10. The average Bonchev–Trinajstić information content (AvgIpc) is 2.89. The molecule has 0 spiro atoms. The van der Waals surface area contributed by atoms with Crippen LogP contribution < -0.4 is 4.74 Å². The first-order chi connectivity index (χ1) is 9.19. The van der Waals surface area contributed by atoms with Gasteiger partial charge in [-0.3, -0.25) is 0 Å². The largest absolute Gasteiger partial charge is 0.434 e. The van der Waals surface area contributed by atoms with Gasteiger partial charge < -0.3 is 4.74 Å². The zero-order valence-corrected chi connectivity index (χ0v) is 11.2. The number of alkyl halides is 2. The molecule has 2 rings (SSSR count). The van der Waals surface area contributed by atoms with E-state index in [1.165, 1.54) is 29.2 Å². The van der Waals surface area contributed by atoms with Crippen LogP contribution in [-0.4, -0.2) is 11.6 Å². The monoisotopic (exact) mass is 298 g/mol. The number of ether oxygens (including phenoxy) is 1. The number of hydrogen-bond donors (Lipinski definition) is 0. The number of aromatic nitrogens is 1. The van der Waals surface area contributed by atoms with Crippen LogP contribution >= 0.6 is 23.1 Å². The van der Waals surface area contributed by atoms with Crippen molar-refractivity contribution in [2.45, 2.75) is 16.7 Å². The van der Waals surface area contributed by atoms with Crippen LogP contribution in [0.25, 0.3) is 0 Å². The first-order valence-electron chi connectivity index (χ1n) is 5.19. The van der Waals surface area contributed by atoms with Gasteiger partial charge in [-0.2, -0.15) is 14.0 Å². The van der Waals surface area contributed by atoms with E-state index in [9.17, 15) is 8.78 Å². The molecule has 0 aliphatic heterocycles. The Bertz CT molecular complexity index is 582. The summed E-state index contributed by atoms with van der Waals surface area (Å²) in [6.45, 7) is -2.91. The topological polar surface area (TPSA) is 45.9 Å². The lowest BCUT2D eigenvalue weighted by Crippen LogP contribution is -2.04. The molecule has 0 amide bonds. The van der Waals surface area contributed by atoms with Gasteiger partial charge in [-0.25, -0.2) is 4.98 Å². The summed E-state index contributed by atoms with van der Waals surface area (Å²) < 4.78 is 30.0. The molecule has 1 aromatic heterocycles. The molecule has 0 bridgehead atoms. The molecule has 0 saturated heterocycles. The van der Waals surface area contributed by atoms with Crippen molar-refractivity contribution in [2.75, 3.05) is 0 Å². The van der Waals surface area contributed by atoms with Crippen molar-refractivity contribution in [1.82, 2.24) is 4.98 Å². The maximum Gasteiger partial charge on any atom is 0.387 e. The molecular formula is C12H8F2N2OS2. The molecule has 19 heavy (non-hydrogen) atoms. The Kier molecular flexibility index (Phi) is 4.71. The Hall–Kier alpha value is -1.65. The lowest BCUT2D eigenvalue weighted by molar-refractivity contribution is -0.0503. The summed E-state index contributed by atoms with van der Waals surface area (Å²) >= 11 is 2.91. The fourth-order valence-electron chi connectivity index (χ4n) is 1.37. The Labute approximate surface area is 116 Å². The number of halogens is 2. The van der Waals surface area contributed by atoms with E-state index >= 15 is 0 Å². The number of nitriles is 1. The van der Waals surface area contributed by atoms with E-state index < -0.39 is 6.61 Å². The molecule has 0 unspecified atom stereocenters. The summed E-state index contributed by atoms with van der Waals surface area (Å²) in [5.41, 5.74) is 0.901. The molecule has 1 heterocycles. The average molecular weight is 298 g/mol. The van der Waals surface area contributed by atoms with Gasteiger partial charge in [-0.15, -0.1) is 11.3 Å². The van der Waals surface area contributed by atoms with Crippen LogP contribution in [-0.2, 0) is 5.75 Å². The summed E-state index contributed by atoms with van der Waals surface area (Å²) in [6, 6.07) is 6.42. The fourth-order valence-corrected chi connectivity index (χ4v) is 3.00. The van der Waals surface area contributed by atoms with Gasteiger partial charge in [0, 0.05) is 22.9 Å². The standard InChI is InChI=1S/C12H8F2N2OS2/c13-11(14)17-10-5-8(6-15)1-2-9(10)7-19-12-16-3-4-18-12/h1-5,11H,7H2. The van der Waals surface area contributed by atoms with Gasteiger partial charge in [0.1, 0.15) is 10.1 Å². The molecule has 0 atom stereocenters. The molecule has 7 heteroatoms. The number of nitrogens with zero attached hydrogens (tertiary/aromatic N) is 2. The normalized spacial score (nSPS) is 10.4. The predicted octanol–water partition coefficient (Wildman–Crippen LogP) is 3.91. The number of thiazole rings is 1. The van der Waals surface area contributed by atoms with Gasteiger partial charge in [-0.05, 0) is 12.1 Å². The van der Waals surface area contributed by atoms with Crippen molar-refractivity contribution >= 4 is 23.1 Å². The summed E-state index contributed by atoms with van der Waals surface area (Å²) in [7, 11) is 0. The molecule has 98 valence electrons. The van der Waals surface area contributed by atoms with Crippen molar-refractivity contribution in [3.8, 4) is 11.8 Å². The molecule has 0 saturated carbocycles. The quantitative estimate of drug-likeness (QED) is 0.785. The van der Waals surface area contributed by atoms with Gasteiger partial charge in [0.25, 0.3) is 0 Å². The minimum Gasteiger partial charge on any atom is -0.434 e. The maximum atomic E-state index is 12.3. The van der Waals surface area contributed by atoms with Gasteiger partial charge in [0.2, 0.25) is 0 Å². The zero-order chi connectivity index (χ0) is 13.7. The van der Waals surface area contributed by atoms with E-state index in [0.29, 0.717) is 16.9 Å². The molecule has 2 aromatic rings. The first kappa shape index (κ1) is 13.8. The highest BCUT2D eigenvalue weighted by Gasteiger charge is 2.11. The predicted molar refractivity (Wildman–Crippen MR) is 69.5 cm³/mol. The lowest BCUT2D eigenvalue weighted by Gasteiger charge is -2.10. The van der Waals surface area contributed by atoms with E-state index in [1.54, 1.807) is 18.3 Å². The van der Waals surface area contributed by atoms with Crippen molar-refractivity contribution < 1.29 is 13.5 Å². The third-order valence-corrected chi connectivity index (χ3v) is 4.19. The van der Waals surface area contributed by atoms with Crippen LogP contribution in [0.15, 0.2) is 34.1 Å². The number of thioether (sulfide) groups is 1. The van der Waals surface area contributed by atoms with E-state index in [0.717, 1.165) is 4.34 Å². The highest BCUT2D eigenvalue weighted by molar-refractivity contribution is 8.00. The van der Waals surface area contributed by atoms with E-state index in [2.05, 4.69) is 9.72 Å². The van der Waals surface area contributed by atoms with Crippen molar-refractivity contribution in [3.63, 3.8) is 0 Å². The Balaban J connectivity index is 2.16. The number of benzene rings is 1. The van der Waals surface area contributed by atoms with E-state index in [1.807, 2.05) is 11.4 Å². The van der Waals surface area contributed by atoms with Gasteiger partial charge in [-0.1, -0.05) is 17.8 Å². The van der Waals surface area contributed by atoms with Gasteiger partial charge in [0.05, 0.1) is 11.6 Å². The summed E-state index contributed by atoms with van der Waals surface area (Å²) in [5, 5.41) is 10.6.